The highest BCUT2D eigenvalue weighted by atomic mass is 19.4. The summed E-state index contributed by atoms with van der Waals surface area (Å²) in [4.78, 5) is 26.2. The van der Waals surface area contributed by atoms with E-state index in [1.54, 1.807) is 20.9 Å². The van der Waals surface area contributed by atoms with E-state index < -0.39 is 47.8 Å². The first kappa shape index (κ1) is 25.6. The number of hydrogen-bond acceptors (Lipinski definition) is 4. The second-order valence-electron chi connectivity index (χ2n) is 8.25. The SMILES string of the molecule is CCOC(=O)C1CC1CN(Cc1cc(C(F)(F)F)cc(C(F)(F)F)c1)C(=O)c1cc(C)n(C)n1. The first-order valence-corrected chi connectivity index (χ1v) is 10.5. The smallest absolute Gasteiger partial charge is 0.416 e. The predicted octanol–water partition coefficient (Wildman–Crippen LogP) is 4.61. The number of benzene rings is 1. The Labute approximate surface area is 191 Å². The number of aromatic nitrogens is 2. The predicted molar refractivity (Wildman–Crippen MR) is 107 cm³/mol. The Bertz CT molecular complexity index is 1030. The zero-order valence-corrected chi connectivity index (χ0v) is 18.6. The van der Waals surface area contributed by atoms with Crippen LogP contribution in [0.1, 0.15) is 46.2 Å². The van der Waals surface area contributed by atoms with E-state index in [0.29, 0.717) is 24.2 Å². The van der Waals surface area contributed by atoms with Crippen molar-refractivity contribution in [2.45, 2.75) is 39.2 Å². The summed E-state index contributed by atoms with van der Waals surface area (Å²) >= 11 is 0. The maximum absolute atomic E-state index is 13.3. The van der Waals surface area contributed by atoms with Crippen LogP contribution in [-0.4, -0.2) is 39.7 Å². The van der Waals surface area contributed by atoms with Crippen LogP contribution >= 0.6 is 0 Å². The number of esters is 1. The first-order chi connectivity index (χ1) is 15.7. The van der Waals surface area contributed by atoms with Gasteiger partial charge in [-0.15, -0.1) is 0 Å². The highest BCUT2D eigenvalue weighted by Gasteiger charge is 2.46. The highest BCUT2D eigenvalue weighted by Crippen LogP contribution is 2.41. The second kappa shape index (κ2) is 9.30. The number of hydrogen-bond donors (Lipinski definition) is 0. The maximum atomic E-state index is 13.3. The molecule has 6 nitrogen and oxygen atoms in total. The average Bonchev–Trinajstić information content (AvgIpc) is 3.42. The lowest BCUT2D eigenvalue weighted by atomic mass is 10.0. The van der Waals surface area contributed by atoms with Crippen LogP contribution < -0.4 is 0 Å². The quantitative estimate of drug-likeness (QED) is 0.419. The van der Waals surface area contributed by atoms with Gasteiger partial charge in [0.05, 0.1) is 23.7 Å². The van der Waals surface area contributed by atoms with E-state index >= 15 is 0 Å². The third-order valence-corrected chi connectivity index (χ3v) is 5.61. The Kier molecular flexibility index (Phi) is 6.99. The molecule has 2 aromatic rings. The number of carbonyl (C=O) groups is 2. The Morgan fingerprint density at radius 2 is 1.68 bits per heavy atom. The van der Waals surface area contributed by atoms with Crippen molar-refractivity contribution < 1.29 is 40.7 Å². The van der Waals surface area contributed by atoms with E-state index in [2.05, 4.69) is 5.10 Å². The number of halogens is 6. The lowest BCUT2D eigenvalue weighted by molar-refractivity contribution is -0.145. The summed E-state index contributed by atoms with van der Waals surface area (Å²) in [5.41, 5.74) is -2.63. The molecular formula is C22H23F6N3O3. The van der Waals surface area contributed by atoms with Gasteiger partial charge in [-0.2, -0.15) is 31.4 Å². The number of nitrogens with zero attached hydrogens (tertiary/aromatic N) is 3. The molecule has 12 heteroatoms. The Morgan fingerprint density at radius 1 is 1.09 bits per heavy atom. The van der Waals surface area contributed by atoms with E-state index in [1.807, 2.05) is 0 Å². The van der Waals surface area contributed by atoms with Gasteiger partial charge in [-0.3, -0.25) is 14.3 Å². The molecule has 0 spiro atoms. The third kappa shape index (κ3) is 5.89. The molecular weight excluding hydrogens is 468 g/mol. The zero-order valence-electron chi connectivity index (χ0n) is 18.6. The molecule has 2 atom stereocenters. The van der Waals surface area contributed by atoms with Gasteiger partial charge in [-0.25, -0.2) is 0 Å². The second-order valence-corrected chi connectivity index (χ2v) is 8.25. The zero-order chi connectivity index (χ0) is 25.4. The summed E-state index contributed by atoms with van der Waals surface area (Å²) < 4.78 is 86.0. The topological polar surface area (TPSA) is 64.4 Å². The van der Waals surface area contributed by atoms with E-state index in [0.717, 1.165) is 4.90 Å². The Balaban J connectivity index is 1.93. The molecule has 186 valence electrons. The molecule has 1 fully saturated rings. The van der Waals surface area contributed by atoms with Crippen LogP contribution in [0.2, 0.25) is 0 Å². The standard InChI is InChI=1S/C22H23F6N3O3/c1-4-34-20(33)17-8-14(17)11-31(19(32)18-5-12(2)30(3)29-18)10-13-6-15(21(23,24)25)9-16(7-13)22(26,27)28/h5-7,9,14,17H,4,8,10-11H2,1-3H3. The van der Waals surface area contributed by atoms with Crippen molar-refractivity contribution in [2.75, 3.05) is 13.2 Å². The number of rotatable bonds is 7. The Morgan fingerprint density at radius 3 is 2.15 bits per heavy atom. The summed E-state index contributed by atoms with van der Waals surface area (Å²) in [7, 11) is 1.59. The molecule has 1 aliphatic carbocycles. The molecule has 0 N–H and O–H groups in total. The number of alkyl halides is 6. The number of ether oxygens (including phenoxy) is 1. The van der Waals surface area contributed by atoms with Crippen LogP contribution in [-0.2, 0) is 35.5 Å². The highest BCUT2D eigenvalue weighted by molar-refractivity contribution is 5.92. The molecule has 1 amide bonds. The normalized spacial score (nSPS) is 18.0. The fourth-order valence-electron chi connectivity index (χ4n) is 3.65. The molecule has 0 radical (unpaired) electrons. The molecule has 1 saturated carbocycles. The van der Waals surface area contributed by atoms with E-state index in [1.165, 1.54) is 10.7 Å². The molecule has 1 aromatic carbocycles. The van der Waals surface area contributed by atoms with Gasteiger partial charge in [-0.1, -0.05) is 0 Å². The molecule has 0 aliphatic heterocycles. The maximum Gasteiger partial charge on any atom is 0.416 e. The van der Waals surface area contributed by atoms with Gasteiger partial charge >= 0.3 is 18.3 Å². The molecule has 1 aliphatic rings. The van der Waals surface area contributed by atoms with E-state index in [4.69, 9.17) is 4.74 Å². The summed E-state index contributed by atoms with van der Waals surface area (Å²) in [5, 5.41) is 4.07. The van der Waals surface area contributed by atoms with Gasteiger partial charge in [0, 0.05) is 25.8 Å². The minimum atomic E-state index is -5.01. The van der Waals surface area contributed by atoms with Crippen molar-refractivity contribution >= 4 is 11.9 Å². The van der Waals surface area contributed by atoms with Gasteiger partial charge in [0.25, 0.3) is 5.91 Å². The molecule has 2 unspecified atom stereocenters. The lowest BCUT2D eigenvalue weighted by Gasteiger charge is -2.23. The first-order valence-electron chi connectivity index (χ1n) is 10.5. The van der Waals surface area contributed by atoms with Gasteiger partial charge in [-0.05, 0) is 56.0 Å². The molecule has 34 heavy (non-hydrogen) atoms. The van der Waals surface area contributed by atoms with Gasteiger partial charge in [0.15, 0.2) is 5.69 Å². The molecule has 1 aromatic heterocycles. The number of carbonyl (C=O) groups excluding carboxylic acids is 2. The summed E-state index contributed by atoms with van der Waals surface area (Å²) in [6.45, 7) is 2.93. The van der Waals surface area contributed by atoms with Crippen molar-refractivity contribution in [1.82, 2.24) is 14.7 Å². The summed E-state index contributed by atoms with van der Waals surface area (Å²) in [6.07, 6.45) is -9.61. The fourth-order valence-corrected chi connectivity index (χ4v) is 3.65. The molecule has 0 saturated heterocycles. The number of aryl methyl sites for hydroxylation is 2. The van der Waals surface area contributed by atoms with E-state index in [-0.39, 0.29) is 36.4 Å². The van der Waals surface area contributed by atoms with Crippen LogP contribution in [0, 0.1) is 18.8 Å². The minimum absolute atomic E-state index is 0.00337. The van der Waals surface area contributed by atoms with Crippen molar-refractivity contribution in [1.29, 1.82) is 0 Å². The molecule has 0 bridgehead atoms. The van der Waals surface area contributed by atoms with Crippen LogP contribution in [0.15, 0.2) is 24.3 Å². The lowest BCUT2D eigenvalue weighted by Crippen LogP contribution is -2.33. The monoisotopic (exact) mass is 491 g/mol. The van der Waals surface area contributed by atoms with Crippen molar-refractivity contribution in [3.63, 3.8) is 0 Å². The summed E-state index contributed by atoms with van der Waals surface area (Å²) in [5.74, 6) is -1.91. The van der Waals surface area contributed by atoms with Crippen LogP contribution in [0.5, 0.6) is 0 Å². The summed E-state index contributed by atoms with van der Waals surface area (Å²) in [6, 6.07) is 2.69. The van der Waals surface area contributed by atoms with Gasteiger partial charge in [0.2, 0.25) is 0 Å². The van der Waals surface area contributed by atoms with Gasteiger partial charge in [0.1, 0.15) is 0 Å². The molecule has 3 rings (SSSR count). The molecule has 1 heterocycles. The number of amides is 1. The van der Waals surface area contributed by atoms with Crippen molar-refractivity contribution in [3.05, 3.63) is 52.3 Å². The van der Waals surface area contributed by atoms with Crippen LogP contribution in [0.25, 0.3) is 0 Å². The van der Waals surface area contributed by atoms with Gasteiger partial charge < -0.3 is 9.64 Å². The van der Waals surface area contributed by atoms with Crippen LogP contribution in [0.4, 0.5) is 26.3 Å². The Hall–Kier alpha value is -3.05. The fraction of sp³-hybridized carbons (Fsp3) is 0.500. The third-order valence-electron chi connectivity index (χ3n) is 5.61. The minimum Gasteiger partial charge on any atom is -0.466 e. The average molecular weight is 491 g/mol. The largest absolute Gasteiger partial charge is 0.466 e. The van der Waals surface area contributed by atoms with Crippen molar-refractivity contribution in [2.24, 2.45) is 18.9 Å². The van der Waals surface area contributed by atoms with Crippen LogP contribution in [0.3, 0.4) is 0 Å². The van der Waals surface area contributed by atoms with E-state index in [9.17, 15) is 35.9 Å². The van der Waals surface area contributed by atoms with Crippen molar-refractivity contribution in [3.8, 4) is 0 Å².